The quantitative estimate of drug-likeness (QED) is 0.717. The van der Waals surface area contributed by atoms with Gasteiger partial charge in [0.05, 0.1) is 12.5 Å². The number of nitrogens with one attached hydrogen (secondary N) is 1. The van der Waals surface area contributed by atoms with E-state index in [0.717, 1.165) is 6.42 Å². The predicted molar refractivity (Wildman–Crippen MR) is 79.0 cm³/mol. The van der Waals surface area contributed by atoms with E-state index in [1.807, 2.05) is 19.1 Å². The molecule has 20 heavy (non-hydrogen) atoms. The third-order valence-electron chi connectivity index (χ3n) is 3.03. The number of Topliss-reactive ketones (excluding diaryl/α,β-unsaturated/α-hetero) is 1. The Morgan fingerprint density at radius 2 is 1.80 bits per heavy atom. The fourth-order valence-corrected chi connectivity index (χ4v) is 2.16. The van der Waals surface area contributed by atoms with Gasteiger partial charge in [-0.05, 0) is 24.4 Å². The van der Waals surface area contributed by atoms with Gasteiger partial charge in [-0.15, -0.1) is 0 Å². The molecule has 1 rings (SSSR count). The monoisotopic (exact) mass is 277 g/mol. The largest absolute Gasteiger partial charge is 0.481 e. The second-order valence-corrected chi connectivity index (χ2v) is 5.37. The maximum atomic E-state index is 12.3. The molecule has 1 aromatic carbocycles. The summed E-state index contributed by atoms with van der Waals surface area (Å²) in [5.41, 5.74) is 1.75. The summed E-state index contributed by atoms with van der Waals surface area (Å²) in [6, 6.07) is 6.79. The number of carbonyl (C=O) groups excluding carboxylic acids is 1. The molecule has 1 unspecified atom stereocenters. The minimum absolute atomic E-state index is 0.162. The van der Waals surface area contributed by atoms with Gasteiger partial charge in [-0.2, -0.15) is 0 Å². The summed E-state index contributed by atoms with van der Waals surface area (Å²) >= 11 is 0. The third kappa shape index (κ3) is 5.13. The van der Waals surface area contributed by atoms with Gasteiger partial charge in [-0.25, -0.2) is 0 Å². The summed E-state index contributed by atoms with van der Waals surface area (Å²) in [5.74, 6) is -0.566. The molecule has 4 heteroatoms. The van der Waals surface area contributed by atoms with Gasteiger partial charge in [0.25, 0.3) is 0 Å². The predicted octanol–water partition coefficient (Wildman–Crippen LogP) is 2.52. The van der Waals surface area contributed by atoms with Crippen molar-refractivity contribution in [2.75, 3.05) is 6.54 Å². The second-order valence-electron chi connectivity index (χ2n) is 5.37. The highest BCUT2D eigenvalue weighted by Crippen LogP contribution is 2.12. The van der Waals surface area contributed by atoms with Crippen LogP contribution in [0.4, 0.5) is 0 Å². The van der Waals surface area contributed by atoms with Gasteiger partial charge in [0.1, 0.15) is 0 Å². The molecule has 0 bridgehead atoms. The first-order valence-electron chi connectivity index (χ1n) is 7.02. The van der Waals surface area contributed by atoms with E-state index in [4.69, 9.17) is 5.11 Å². The lowest BCUT2D eigenvalue weighted by Gasteiger charge is -2.15. The summed E-state index contributed by atoms with van der Waals surface area (Å²) in [7, 11) is 0. The van der Waals surface area contributed by atoms with Crippen LogP contribution in [0.25, 0.3) is 0 Å². The lowest BCUT2D eigenvalue weighted by molar-refractivity contribution is -0.137. The molecule has 0 aliphatic rings. The molecule has 0 saturated carbocycles. The molecule has 0 fully saturated rings. The number of ketones is 1. The van der Waals surface area contributed by atoms with E-state index in [1.54, 1.807) is 12.1 Å². The Kier molecular flexibility index (Phi) is 6.39. The summed E-state index contributed by atoms with van der Waals surface area (Å²) in [6.07, 6.45) is 0.778. The molecular weight excluding hydrogens is 254 g/mol. The normalized spacial score (nSPS) is 12.4. The summed E-state index contributed by atoms with van der Waals surface area (Å²) in [6.45, 7) is 6.71. The minimum Gasteiger partial charge on any atom is -0.481 e. The Bertz CT molecular complexity index is 451. The van der Waals surface area contributed by atoms with Gasteiger partial charge < -0.3 is 10.4 Å². The fourth-order valence-electron chi connectivity index (χ4n) is 2.16. The molecule has 0 spiro atoms. The highest BCUT2D eigenvalue weighted by molar-refractivity contribution is 6.01. The number of hydrogen-bond donors (Lipinski definition) is 2. The van der Waals surface area contributed by atoms with Crippen LogP contribution in [0.5, 0.6) is 0 Å². The summed E-state index contributed by atoms with van der Waals surface area (Å²) < 4.78 is 0. The number of aliphatic carboxylic acids is 1. The van der Waals surface area contributed by atoms with E-state index in [-0.39, 0.29) is 12.2 Å². The molecule has 1 atom stereocenters. The van der Waals surface area contributed by atoms with Crippen molar-refractivity contribution in [3.63, 3.8) is 0 Å². The Labute approximate surface area is 120 Å². The van der Waals surface area contributed by atoms with Gasteiger partial charge in [0.15, 0.2) is 5.78 Å². The topological polar surface area (TPSA) is 66.4 Å². The number of carbonyl (C=O) groups is 2. The van der Waals surface area contributed by atoms with Crippen LogP contribution in [-0.4, -0.2) is 29.4 Å². The molecule has 110 valence electrons. The zero-order valence-corrected chi connectivity index (χ0v) is 12.3. The molecule has 0 aliphatic carbocycles. The van der Waals surface area contributed by atoms with Crippen LogP contribution in [0.1, 0.15) is 43.1 Å². The zero-order chi connectivity index (χ0) is 15.1. The van der Waals surface area contributed by atoms with Crippen molar-refractivity contribution in [3.8, 4) is 0 Å². The van der Waals surface area contributed by atoms with Crippen LogP contribution in [0.15, 0.2) is 24.3 Å². The fraction of sp³-hybridized carbons (Fsp3) is 0.500. The number of carboxylic acids is 1. The average molecular weight is 277 g/mol. The standard InChI is InChI=1S/C16H23NO3/c1-4-17-14(10-15(18)19)16(20)13-7-5-12(6-8-13)9-11(2)3/h5-8,11,14,17H,4,9-10H2,1-3H3,(H,18,19). The number of likely N-dealkylation sites (N-methyl/N-ethyl adjacent to an activating group) is 1. The van der Waals surface area contributed by atoms with E-state index in [1.165, 1.54) is 5.56 Å². The minimum atomic E-state index is -0.972. The van der Waals surface area contributed by atoms with E-state index in [0.29, 0.717) is 18.0 Å². The van der Waals surface area contributed by atoms with Crippen LogP contribution >= 0.6 is 0 Å². The van der Waals surface area contributed by atoms with Gasteiger partial charge in [-0.3, -0.25) is 9.59 Å². The first-order valence-corrected chi connectivity index (χ1v) is 7.02. The first-order chi connectivity index (χ1) is 9.43. The molecule has 0 aromatic heterocycles. The second kappa shape index (κ2) is 7.80. The smallest absolute Gasteiger partial charge is 0.305 e. The van der Waals surface area contributed by atoms with Gasteiger partial charge >= 0.3 is 5.97 Å². The lowest BCUT2D eigenvalue weighted by atomic mass is 9.97. The molecular formula is C16H23NO3. The Morgan fingerprint density at radius 1 is 1.20 bits per heavy atom. The van der Waals surface area contributed by atoms with Crippen LogP contribution in [-0.2, 0) is 11.2 Å². The van der Waals surface area contributed by atoms with E-state index >= 15 is 0 Å². The average Bonchev–Trinajstić information content (AvgIpc) is 2.37. The van der Waals surface area contributed by atoms with Gasteiger partial charge in [-0.1, -0.05) is 45.0 Å². The summed E-state index contributed by atoms with van der Waals surface area (Å²) in [5, 5.41) is 11.8. The molecule has 0 heterocycles. The number of rotatable bonds is 8. The maximum absolute atomic E-state index is 12.3. The molecule has 4 nitrogen and oxygen atoms in total. The summed E-state index contributed by atoms with van der Waals surface area (Å²) in [4.78, 5) is 23.1. The number of carboxylic acid groups (broad SMARTS) is 1. The van der Waals surface area contributed by atoms with Crippen molar-refractivity contribution >= 4 is 11.8 Å². The van der Waals surface area contributed by atoms with Crippen molar-refractivity contribution in [3.05, 3.63) is 35.4 Å². The van der Waals surface area contributed by atoms with Crippen LogP contribution in [0.3, 0.4) is 0 Å². The first kappa shape index (κ1) is 16.4. The molecule has 1 aromatic rings. The van der Waals surface area contributed by atoms with Crippen LogP contribution < -0.4 is 5.32 Å². The van der Waals surface area contributed by atoms with Crippen molar-refractivity contribution in [2.45, 2.75) is 39.7 Å². The van der Waals surface area contributed by atoms with Crippen LogP contribution in [0, 0.1) is 5.92 Å². The van der Waals surface area contributed by atoms with Crippen LogP contribution in [0.2, 0.25) is 0 Å². The van der Waals surface area contributed by atoms with Gasteiger partial charge in [0.2, 0.25) is 0 Å². The van der Waals surface area contributed by atoms with Crippen molar-refractivity contribution < 1.29 is 14.7 Å². The Morgan fingerprint density at radius 3 is 2.25 bits per heavy atom. The Hall–Kier alpha value is -1.68. The SMILES string of the molecule is CCNC(CC(=O)O)C(=O)c1ccc(CC(C)C)cc1. The molecule has 0 aliphatic heterocycles. The van der Waals surface area contributed by atoms with Crippen molar-refractivity contribution in [1.82, 2.24) is 5.32 Å². The van der Waals surface area contributed by atoms with Crippen molar-refractivity contribution in [1.29, 1.82) is 0 Å². The molecule has 0 radical (unpaired) electrons. The zero-order valence-electron chi connectivity index (χ0n) is 12.3. The van der Waals surface area contributed by atoms with Gasteiger partial charge in [0, 0.05) is 5.56 Å². The number of hydrogen-bond acceptors (Lipinski definition) is 3. The number of benzene rings is 1. The molecule has 0 saturated heterocycles. The van der Waals surface area contributed by atoms with E-state index in [2.05, 4.69) is 19.2 Å². The maximum Gasteiger partial charge on any atom is 0.305 e. The van der Waals surface area contributed by atoms with E-state index in [9.17, 15) is 9.59 Å². The highest BCUT2D eigenvalue weighted by atomic mass is 16.4. The highest BCUT2D eigenvalue weighted by Gasteiger charge is 2.21. The lowest BCUT2D eigenvalue weighted by Crippen LogP contribution is -2.38. The van der Waals surface area contributed by atoms with Crippen molar-refractivity contribution in [2.24, 2.45) is 5.92 Å². The third-order valence-corrected chi connectivity index (χ3v) is 3.03. The molecule has 0 amide bonds. The molecule has 2 N–H and O–H groups in total. The Balaban J connectivity index is 2.80. The van der Waals surface area contributed by atoms with E-state index < -0.39 is 12.0 Å².